The fourth-order valence-electron chi connectivity index (χ4n) is 2.26. The Balaban J connectivity index is 2.10. The Morgan fingerprint density at radius 3 is 3.06 bits per heavy atom. The average Bonchev–Trinajstić information content (AvgIpc) is 2.80. The minimum atomic E-state index is 0.0537. The Kier molecular flexibility index (Phi) is 3.52. The van der Waals surface area contributed by atoms with Gasteiger partial charge in [-0.2, -0.15) is 0 Å². The van der Waals surface area contributed by atoms with Gasteiger partial charge in [0.2, 0.25) is 0 Å². The molecule has 1 aliphatic rings. The second kappa shape index (κ2) is 4.92. The van der Waals surface area contributed by atoms with E-state index in [0.29, 0.717) is 18.0 Å². The quantitative estimate of drug-likeness (QED) is 0.849. The highest BCUT2D eigenvalue weighted by Crippen LogP contribution is 2.20. The predicted molar refractivity (Wildman–Crippen MR) is 65.7 cm³/mol. The number of amides is 1. The molecule has 0 saturated carbocycles. The molecule has 0 spiro atoms. The van der Waals surface area contributed by atoms with E-state index >= 15 is 0 Å². The minimum Gasteiger partial charge on any atom is -0.469 e. The SMILES string of the molecule is CCc1occc1C(=O)N1CCC(C)C(N)C1. The lowest BCUT2D eigenvalue weighted by Gasteiger charge is -2.35. The Labute approximate surface area is 102 Å². The first-order valence-electron chi connectivity index (χ1n) is 6.24. The Morgan fingerprint density at radius 2 is 2.41 bits per heavy atom. The fourth-order valence-corrected chi connectivity index (χ4v) is 2.26. The molecule has 1 fully saturated rings. The van der Waals surface area contributed by atoms with Crippen LogP contribution >= 0.6 is 0 Å². The number of rotatable bonds is 2. The highest BCUT2D eigenvalue weighted by molar-refractivity contribution is 5.95. The molecule has 2 unspecified atom stereocenters. The summed E-state index contributed by atoms with van der Waals surface area (Å²) in [6.45, 7) is 5.57. The van der Waals surface area contributed by atoms with E-state index in [1.165, 1.54) is 0 Å². The maximum atomic E-state index is 12.3. The highest BCUT2D eigenvalue weighted by atomic mass is 16.3. The molecule has 0 aromatic carbocycles. The Bertz CT molecular complexity index is 400. The molecule has 1 aliphatic heterocycles. The van der Waals surface area contributed by atoms with E-state index in [-0.39, 0.29) is 11.9 Å². The second-order valence-electron chi connectivity index (χ2n) is 4.79. The van der Waals surface area contributed by atoms with Crippen LogP contribution in [0.5, 0.6) is 0 Å². The van der Waals surface area contributed by atoms with E-state index < -0.39 is 0 Å². The summed E-state index contributed by atoms with van der Waals surface area (Å²) in [5, 5.41) is 0. The molecular formula is C13H20N2O2. The van der Waals surface area contributed by atoms with Gasteiger partial charge in [-0.1, -0.05) is 13.8 Å². The minimum absolute atomic E-state index is 0.0537. The van der Waals surface area contributed by atoms with Crippen LogP contribution in [0.15, 0.2) is 16.7 Å². The second-order valence-corrected chi connectivity index (χ2v) is 4.79. The summed E-state index contributed by atoms with van der Waals surface area (Å²) in [4.78, 5) is 14.1. The molecule has 0 radical (unpaired) electrons. The van der Waals surface area contributed by atoms with Crippen molar-refractivity contribution in [1.29, 1.82) is 0 Å². The first-order valence-corrected chi connectivity index (χ1v) is 6.24. The van der Waals surface area contributed by atoms with Gasteiger partial charge in [0.15, 0.2) is 0 Å². The van der Waals surface area contributed by atoms with Gasteiger partial charge in [-0.15, -0.1) is 0 Å². The van der Waals surface area contributed by atoms with Gasteiger partial charge in [-0.05, 0) is 18.4 Å². The normalized spacial score (nSPS) is 25.0. The molecule has 2 N–H and O–H groups in total. The summed E-state index contributed by atoms with van der Waals surface area (Å²) in [5.41, 5.74) is 6.70. The number of carbonyl (C=O) groups excluding carboxylic acids is 1. The number of nitrogens with two attached hydrogens (primary N) is 1. The lowest BCUT2D eigenvalue weighted by atomic mass is 9.94. The van der Waals surface area contributed by atoms with E-state index in [9.17, 15) is 4.79 Å². The number of hydrogen-bond donors (Lipinski definition) is 1. The molecule has 1 aromatic rings. The van der Waals surface area contributed by atoms with E-state index in [4.69, 9.17) is 10.2 Å². The molecule has 0 bridgehead atoms. The molecule has 2 atom stereocenters. The summed E-state index contributed by atoms with van der Waals surface area (Å²) in [6, 6.07) is 1.84. The van der Waals surface area contributed by atoms with Gasteiger partial charge in [-0.3, -0.25) is 4.79 Å². The number of furan rings is 1. The van der Waals surface area contributed by atoms with Crippen molar-refractivity contribution >= 4 is 5.91 Å². The van der Waals surface area contributed by atoms with Gasteiger partial charge in [0.1, 0.15) is 5.76 Å². The van der Waals surface area contributed by atoms with Crippen molar-refractivity contribution in [3.63, 3.8) is 0 Å². The summed E-state index contributed by atoms with van der Waals surface area (Å²) < 4.78 is 5.29. The first-order chi connectivity index (χ1) is 8.13. The Morgan fingerprint density at radius 1 is 1.65 bits per heavy atom. The van der Waals surface area contributed by atoms with Crippen molar-refractivity contribution in [3.8, 4) is 0 Å². The standard InChI is InChI=1S/C13H20N2O2/c1-3-12-10(5-7-17-12)13(16)15-6-4-9(2)11(14)8-15/h5,7,9,11H,3-4,6,8,14H2,1-2H3. The maximum absolute atomic E-state index is 12.3. The Hall–Kier alpha value is -1.29. The van der Waals surface area contributed by atoms with Crippen LogP contribution in [-0.2, 0) is 6.42 Å². The topological polar surface area (TPSA) is 59.5 Å². The van der Waals surface area contributed by atoms with Crippen LogP contribution in [-0.4, -0.2) is 29.9 Å². The smallest absolute Gasteiger partial charge is 0.257 e. The van der Waals surface area contributed by atoms with Crippen molar-refractivity contribution < 1.29 is 9.21 Å². The summed E-state index contributed by atoms with van der Waals surface area (Å²) in [5.74, 6) is 1.31. The van der Waals surface area contributed by atoms with E-state index in [0.717, 1.165) is 25.1 Å². The molecule has 17 heavy (non-hydrogen) atoms. The number of likely N-dealkylation sites (tertiary alicyclic amines) is 1. The molecule has 1 aromatic heterocycles. The third-order valence-corrected chi connectivity index (χ3v) is 3.60. The van der Waals surface area contributed by atoms with Crippen LogP contribution in [0.3, 0.4) is 0 Å². The lowest BCUT2D eigenvalue weighted by molar-refractivity contribution is 0.0670. The number of carbonyl (C=O) groups is 1. The van der Waals surface area contributed by atoms with E-state index in [1.807, 2.05) is 11.8 Å². The molecular weight excluding hydrogens is 216 g/mol. The van der Waals surface area contributed by atoms with Crippen LogP contribution in [0.4, 0.5) is 0 Å². The molecule has 2 heterocycles. The zero-order valence-corrected chi connectivity index (χ0v) is 10.5. The number of piperidine rings is 1. The molecule has 1 amide bonds. The van der Waals surface area contributed by atoms with Crippen LogP contribution in [0.25, 0.3) is 0 Å². The zero-order chi connectivity index (χ0) is 12.4. The molecule has 4 nitrogen and oxygen atoms in total. The summed E-state index contributed by atoms with van der Waals surface area (Å²) >= 11 is 0. The third-order valence-electron chi connectivity index (χ3n) is 3.60. The largest absolute Gasteiger partial charge is 0.469 e. The van der Waals surface area contributed by atoms with Gasteiger partial charge in [-0.25, -0.2) is 0 Å². The monoisotopic (exact) mass is 236 g/mol. The number of nitrogens with zero attached hydrogens (tertiary/aromatic N) is 1. The van der Waals surface area contributed by atoms with Crippen molar-refractivity contribution in [2.45, 2.75) is 32.7 Å². The average molecular weight is 236 g/mol. The van der Waals surface area contributed by atoms with Crippen molar-refractivity contribution in [2.75, 3.05) is 13.1 Å². The molecule has 0 aliphatic carbocycles. The van der Waals surface area contributed by atoms with E-state index in [1.54, 1.807) is 12.3 Å². The zero-order valence-electron chi connectivity index (χ0n) is 10.5. The number of hydrogen-bond acceptors (Lipinski definition) is 3. The van der Waals surface area contributed by atoms with Crippen molar-refractivity contribution in [2.24, 2.45) is 11.7 Å². The van der Waals surface area contributed by atoms with Gasteiger partial charge in [0, 0.05) is 25.6 Å². The molecule has 1 saturated heterocycles. The maximum Gasteiger partial charge on any atom is 0.257 e. The summed E-state index contributed by atoms with van der Waals surface area (Å²) in [6.07, 6.45) is 3.30. The van der Waals surface area contributed by atoms with Gasteiger partial charge in [0.05, 0.1) is 11.8 Å². The molecule has 4 heteroatoms. The van der Waals surface area contributed by atoms with Crippen LogP contribution in [0, 0.1) is 5.92 Å². The lowest BCUT2D eigenvalue weighted by Crippen LogP contribution is -2.49. The highest BCUT2D eigenvalue weighted by Gasteiger charge is 2.28. The van der Waals surface area contributed by atoms with Crippen LogP contribution < -0.4 is 5.73 Å². The third kappa shape index (κ3) is 2.36. The van der Waals surface area contributed by atoms with E-state index in [2.05, 4.69) is 6.92 Å². The van der Waals surface area contributed by atoms with Gasteiger partial charge < -0.3 is 15.1 Å². The predicted octanol–water partition coefficient (Wildman–Crippen LogP) is 1.65. The first kappa shape index (κ1) is 12.2. The van der Waals surface area contributed by atoms with Crippen LogP contribution in [0.1, 0.15) is 36.4 Å². The number of aryl methyl sites for hydroxylation is 1. The van der Waals surface area contributed by atoms with Crippen molar-refractivity contribution in [1.82, 2.24) is 4.90 Å². The molecule has 94 valence electrons. The van der Waals surface area contributed by atoms with Gasteiger partial charge >= 0.3 is 0 Å². The van der Waals surface area contributed by atoms with Gasteiger partial charge in [0.25, 0.3) is 5.91 Å². The fraction of sp³-hybridized carbons (Fsp3) is 0.615. The summed E-state index contributed by atoms with van der Waals surface area (Å²) in [7, 11) is 0. The van der Waals surface area contributed by atoms with Crippen LogP contribution in [0.2, 0.25) is 0 Å². The van der Waals surface area contributed by atoms with Crippen molar-refractivity contribution in [3.05, 3.63) is 23.7 Å². The molecule has 2 rings (SSSR count).